The highest BCUT2D eigenvalue weighted by atomic mass is 35.5. The largest absolute Gasteiger partial charge is 0.412 e. The van der Waals surface area contributed by atoms with Gasteiger partial charge in [-0.3, -0.25) is 0 Å². The quantitative estimate of drug-likeness (QED) is 0.394. The van der Waals surface area contributed by atoms with Crippen molar-refractivity contribution >= 4 is 11.6 Å². The molecule has 4 nitrogen and oxygen atoms in total. The van der Waals surface area contributed by atoms with Crippen molar-refractivity contribution in [1.29, 1.82) is 0 Å². The lowest BCUT2D eigenvalue weighted by Crippen LogP contribution is -2.23. The predicted molar refractivity (Wildman–Crippen MR) is 28.6 cm³/mol. The SMILES string of the molecule is O.OCC(O)C(O)Cl. The van der Waals surface area contributed by atoms with Gasteiger partial charge in [0.05, 0.1) is 6.61 Å². The molecule has 52 valence electrons. The Hall–Kier alpha value is 0.130. The van der Waals surface area contributed by atoms with Crippen molar-refractivity contribution in [3.05, 3.63) is 0 Å². The van der Waals surface area contributed by atoms with Gasteiger partial charge in [0.1, 0.15) is 6.10 Å². The van der Waals surface area contributed by atoms with E-state index in [1.165, 1.54) is 0 Å². The Kier molecular flexibility index (Phi) is 7.25. The summed E-state index contributed by atoms with van der Waals surface area (Å²) in [5.41, 5.74) is -1.36. The van der Waals surface area contributed by atoms with Gasteiger partial charge in [-0.1, -0.05) is 11.6 Å². The zero-order chi connectivity index (χ0) is 5.86. The van der Waals surface area contributed by atoms with Gasteiger partial charge in [-0.15, -0.1) is 0 Å². The van der Waals surface area contributed by atoms with Crippen molar-refractivity contribution in [2.45, 2.75) is 11.7 Å². The monoisotopic (exact) mass is 144 g/mol. The van der Waals surface area contributed by atoms with Crippen molar-refractivity contribution in [1.82, 2.24) is 0 Å². The molecule has 0 aromatic carbocycles. The van der Waals surface area contributed by atoms with Crippen molar-refractivity contribution < 1.29 is 20.8 Å². The number of halogens is 1. The van der Waals surface area contributed by atoms with Crippen LogP contribution in [0.3, 0.4) is 0 Å². The molecule has 0 rings (SSSR count). The minimum atomic E-state index is -1.36. The van der Waals surface area contributed by atoms with Crippen LogP contribution in [0.2, 0.25) is 0 Å². The van der Waals surface area contributed by atoms with Gasteiger partial charge in [0.15, 0.2) is 5.56 Å². The maximum Gasteiger partial charge on any atom is 0.155 e. The van der Waals surface area contributed by atoms with Crippen LogP contribution in [0.5, 0.6) is 0 Å². The molecule has 0 heterocycles. The van der Waals surface area contributed by atoms with Crippen LogP contribution in [0.25, 0.3) is 0 Å². The molecule has 0 radical (unpaired) electrons. The van der Waals surface area contributed by atoms with Gasteiger partial charge in [-0.25, -0.2) is 0 Å². The van der Waals surface area contributed by atoms with E-state index in [4.69, 9.17) is 26.9 Å². The van der Waals surface area contributed by atoms with E-state index in [0.717, 1.165) is 0 Å². The summed E-state index contributed by atoms with van der Waals surface area (Å²) in [4.78, 5) is 0. The summed E-state index contributed by atoms with van der Waals surface area (Å²) in [6, 6.07) is 0. The average molecular weight is 145 g/mol. The zero-order valence-electron chi connectivity index (χ0n) is 4.08. The van der Waals surface area contributed by atoms with E-state index in [1.807, 2.05) is 0 Å². The zero-order valence-corrected chi connectivity index (χ0v) is 4.84. The second-order valence-electron chi connectivity index (χ2n) is 1.12. The van der Waals surface area contributed by atoms with Crippen molar-refractivity contribution in [3.8, 4) is 0 Å². The Bertz CT molecular complexity index is 48.5. The second-order valence-corrected chi connectivity index (χ2v) is 1.57. The first-order chi connectivity index (χ1) is 3.18. The minimum absolute atomic E-state index is 0. The van der Waals surface area contributed by atoms with E-state index >= 15 is 0 Å². The molecule has 0 amide bonds. The van der Waals surface area contributed by atoms with Crippen molar-refractivity contribution in [3.63, 3.8) is 0 Å². The van der Waals surface area contributed by atoms with Gasteiger partial charge in [0.2, 0.25) is 0 Å². The van der Waals surface area contributed by atoms with Crippen LogP contribution in [0.1, 0.15) is 0 Å². The van der Waals surface area contributed by atoms with E-state index in [0.29, 0.717) is 0 Å². The van der Waals surface area contributed by atoms with Gasteiger partial charge in [0, 0.05) is 0 Å². The number of alkyl halides is 1. The van der Waals surface area contributed by atoms with Crippen LogP contribution < -0.4 is 0 Å². The van der Waals surface area contributed by atoms with E-state index in [9.17, 15) is 0 Å². The lowest BCUT2D eigenvalue weighted by atomic mass is 10.4. The van der Waals surface area contributed by atoms with Crippen molar-refractivity contribution in [2.75, 3.05) is 6.61 Å². The van der Waals surface area contributed by atoms with Crippen LogP contribution in [-0.4, -0.2) is 39.1 Å². The summed E-state index contributed by atoms with van der Waals surface area (Å²) in [5, 5.41) is 24.5. The smallest absolute Gasteiger partial charge is 0.155 e. The maximum absolute atomic E-state index is 8.30. The van der Waals surface area contributed by atoms with Gasteiger partial charge in [0.25, 0.3) is 0 Å². The Morgan fingerprint density at radius 3 is 1.75 bits per heavy atom. The highest BCUT2D eigenvalue weighted by Crippen LogP contribution is 1.95. The first kappa shape index (κ1) is 11.0. The number of hydrogen-bond donors (Lipinski definition) is 3. The van der Waals surface area contributed by atoms with Crippen LogP contribution in [0.4, 0.5) is 0 Å². The van der Waals surface area contributed by atoms with Crippen LogP contribution in [-0.2, 0) is 0 Å². The van der Waals surface area contributed by atoms with E-state index in [1.54, 1.807) is 0 Å². The summed E-state index contributed by atoms with van der Waals surface area (Å²) in [5.74, 6) is 0. The molecule has 0 aliphatic heterocycles. The predicted octanol–water partition coefficient (Wildman–Crippen LogP) is -1.93. The standard InChI is InChI=1S/C3H7ClO3.H2O/c4-3(7)2(6)1-5;/h2-3,5-7H,1H2;1H2. The van der Waals surface area contributed by atoms with E-state index in [2.05, 4.69) is 0 Å². The van der Waals surface area contributed by atoms with Crippen molar-refractivity contribution in [2.24, 2.45) is 0 Å². The van der Waals surface area contributed by atoms with Crippen LogP contribution >= 0.6 is 11.6 Å². The summed E-state index contributed by atoms with van der Waals surface area (Å²) < 4.78 is 0. The highest BCUT2D eigenvalue weighted by molar-refractivity contribution is 6.19. The van der Waals surface area contributed by atoms with Crippen LogP contribution in [0, 0.1) is 0 Å². The molecule has 0 saturated carbocycles. The molecule has 0 spiro atoms. The summed E-state index contributed by atoms with van der Waals surface area (Å²) >= 11 is 4.87. The van der Waals surface area contributed by atoms with Crippen LogP contribution in [0.15, 0.2) is 0 Å². The van der Waals surface area contributed by atoms with Gasteiger partial charge < -0.3 is 20.8 Å². The molecule has 5 heteroatoms. The molecule has 2 atom stereocenters. The summed E-state index contributed by atoms with van der Waals surface area (Å²) in [6.45, 7) is -0.509. The number of aliphatic hydroxyl groups is 3. The molecule has 8 heavy (non-hydrogen) atoms. The maximum atomic E-state index is 8.30. The Labute approximate surface area is 51.6 Å². The molecule has 5 N–H and O–H groups in total. The molecular weight excluding hydrogens is 135 g/mol. The molecule has 0 aliphatic carbocycles. The molecule has 2 unspecified atom stereocenters. The topological polar surface area (TPSA) is 92.2 Å². The first-order valence-electron chi connectivity index (χ1n) is 1.79. The number of rotatable bonds is 2. The van der Waals surface area contributed by atoms with Gasteiger partial charge >= 0.3 is 0 Å². The molecular formula is C3H9ClO4. The Balaban J connectivity index is 0. The molecule has 0 aromatic rings. The van der Waals surface area contributed by atoms with Gasteiger partial charge in [-0.2, -0.15) is 0 Å². The fraction of sp³-hybridized carbons (Fsp3) is 1.00. The summed E-state index contributed by atoms with van der Waals surface area (Å²) in [6.07, 6.45) is -1.22. The minimum Gasteiger partial charge on any atom is -0.412 e. The third kappa shape index (κ3) is 4.29. The third-order valence-electron chi connectivity index (χ3n) is 0.505. The van der Waals surface area contributed by atoms with E-state index < -0.39 is 18.3 Å². The lowest BCUT2D eigenvalue weighted by Gasteiger charge is -2.05. The number of aliphatic hydroxyl groups excluding tert-OH is 3. The molecule has 0 fully saturated rings. The summed E-state index contributed by atoms with van der Waals surface area (Å²) in [7, 11) is 0. The lowest BCUT2D eigenvalue weighted by molar-refractivity contribution is 0.0250. The second kappa shape index (κ2) is 5.27. The normalized spacial score (nSPS) is 16.5. The first-order valence-corrected chi connectivity index (χ1v) is 2.23. The fourth-order valence-electron chi connectivity index (χ4n) is 0.0870. The third-order valence-corrected chi connectivity index (χ3v) is 0.795. The fourth-order valence-corrected chi connectivity index (χ4v) is 0.167. The Morgan fingerprint density at radius 1 is 1.38 bits per heavy atom. The molecule has 0 aliphatic rings. The molecule has 0 saturated heterocycles. The number of hydrogen-bond acceptors (Lipinski definition) is 3. The van der Waals surface area contributed by atoms with E-state index in [-0.39, 0.29) is 5.48 Å². The Morgan fingerprint density at radius 2 is 1.75 bits per heavy atom. The highest BCUT2D eigenvalue weighted by Gasteiger charge is 2.09. The molecule has 0 bridgehead atoms. The average Bonchev–Trinajstić information content (AvgIpc) is 1.65. The molecule has 0 aromatic heterocycles. The van der Waals surface area contributed by atoms with Gasteiger partial charge in [-0.05, 0) is 0 Å².